The van der Waals surface area contributed by atoms with Gasteiger partial charge in [0.2, 0.25) is 0 Å². The van der Waals surface area contributed by atoms with Crippen molar-refractivity contribution in [2.24, 2.45) is 0 Å². The summed E-state index contributed by atoms with van der Waals surface area (Å²) >= 11 is 0. The molecule has 0 aliphatic carbocycles. The van der Waals surface area contributed by atoms with Gasteiger partial charge in [0.1, 0.15) is 0 Å². The van der Waals surface area contributed by atoms with Gasteiger partial charge in [0.25, 0.3) is 0 Å². The Balaban J connectivity index is 1.32. The van der Waals surface area contributed by atoms with Crippen LogP contribution in [-0.2, 0) is 0 Å². The second-order valence-electron chi connectivity index (χ2n) is 7.16. The second kappa shape index (κ2) is 7.82. The molecule has 4 rings (SSSR count). The largest absolute Gasteiger partial charge is 0.355 e. The number of nitrogens with zero attached hydrogens (tertiary/aromatic N) is 5. The number of rotatable bonds is 3. The molecule has 0 spiro atoms. The molecule has 0 unspecified atom stereocenters. The molecule has 7 nitrogen and oxygen atoms in total. The number of anilines is 3. The molecule has 3 heterocycles. The number of aromatic nitrogens is 2. The van der Waals surface area contributed by atoms with Crippen molar-refractivity contribution >= 4 is 23.4 Å². The topological polar surface area (TPSA) is 64.6 Å². The summed E-state index contributed by atoms with van der Waals surface area (Å²) in [7, 11) is 0. The number of para-hydroxylation sites is 1. The van der Waals surface area contributed by atoms with Crippen LogP contribution in [0.5, 0.6) is 0 Å². The van der Waals surface area contributed by atoms with E-state index in [1.807, 2.05) is 42.2 Å². The molecule has 2 amide bonds. The van der Waals surface area contributed by atoms with Gasteiger partial charge in [0.05, 0.1) is 0 Å². The Kier molecular flexibility index (Phi) is 5.09. The maximum Gasteiger partial charge on any atom is 0.321 e. The maximum atomic E-state index is 12.5. The first-order chi connectivity index (χ1) is 13.2. The molecule has 2 aliphatic heterocycles. The smallest absolute Gasteiger partial charge is 0.321 e. The fraction of sp³-hybridized carbons (Fsp3) is 0.450. The number of carbonyl (C=O) groups is 1. The summed E-state index contributed by atoms with van der Waals surface area (Å²) in [5.41, 5.74) is 1.94. The molecule has 2 aromatic rings. The fourth-order valence-corrected chi connectivity index (χ4v) is 3.65. The van der Waals surface area contributed by atoms with E-state index in [0.29, 0.717) is 13.1 Å². The monoisotopic (exact) mass is 366 g/mol. The van der Waals surface area contributed by atoms with E-state index in [2.05, 4.69) is 31.4 Å². The van der Waals surface area contributed by atoms with E-state index in [1.54, 1.807) is 0 Å². The number of hydrogen-bond acceptors (Lipinski definition) is 5. The number of piperazine rings is 1. The quantitative estimate of drug-likeness (QED) is 0.905. The van der Waals surface area contributed by atoms with Gasteiger partial charge in [-0.2, -0.15) is 0 Å². The Bertz CT molecular complexity index is 779. The van der Waals surface area contributed by atoms with E-state index < -0.39 is 0 Å². The zero-order valence-corrected chi connectivity index (χ0v) is 15.8. The molecule has 0 saturated carbocycles. The molecule has 27 heavy (non-hydrogen) atoms. The molecule has 7 heteroatoms. The third-order valence-electron chi connectivity index (χ3n) is 5.34. The molecule has 1 aromatic carbocycles. The predicted molar refractivity (Wildman–Crippen MR) is 107 cm³/mol. The number of urea groups is 1. The highest BCUT2D eigenvalue weighted by Crippen LogP contribution is 2.20. The van der Waals surface area contributed by atoms with Crippen molar-refractivity contribution in [2.75, 3.05) is 54.4 Å². The zero-order valence-electron chi connectivity index (χ0n) is 15.8. The van der Waals surface area contributed by atoms with Crippen LogP contribution in [0.15, 0.2) is 36.4 Å². The predicted octanol–water partition coefficient (Wildman–Crippen LogP) is 2.74. The molecule has 2 fully saturated rings. The highest BCUT2D eigenvalue weighted by Gasteiger charge is 2.23. The number of carbonyl (C=O) groups excluding carboxylic acids is 1. The van der Waals surface area contributed by atoms with Crippen LogP contribution < -0.4 is 15.1 Å². The summed E-state index contributed by atoms with van der Waals surface area (Å²) < 4.78 is 0. The number of amides is 2. The Labute approximate surface area is 160 Å². The molecule has 2 saturated heterocycles. The van der Waals surface area contributed by atoms with Crippen molar-refractivity contribution in [1.29, 1.82) is 0 Å². The summed E-state index contributed by atoms with van der Waals surface area (Å²) in [4.78, 5) is 18.8. The molecule has 0 atom stereocenters. The van der Waals surface area contributed by atoms with E-state index in [1.165, 1.54) is 12.8 Å². The summed E-state index contributed by atoms with van der Waals surface area (Å²) in [6.07, 6.45) is 2.46. The van der Waals surface area contributed by atoms with Crippen LogP contribution in [0.4, 0.5) is 22.1 Å². The van der Waals surface area contributed by atoms with Gasteiger partial charge in [0.15, 0.2) is 11.6 Å². The lowest BCUT2D eigenvalue weighted by Gasteiger charge is -2.35. The number of hydrogen-bond donors (Lipinski definition) is 1. The summed E-state index contributed by atoms with van der Waals surface area (Å²) in [5.74, 6) is 1.85. The third-order valence-corrected chi connectivity index (χ3v) is 5.34. The molecule has 2 aliphatic rings. The molecular formula is C20H26N6O. The molecule has 1 N–H and O–H groups in total. The standard InChI is InChI=1S/C20H26N6O/c1-16-6-2-3-7-17(16)21-20(27)26-14-12-25(13-15-26)19-9-8-18(22-23-19)24-10-4-5-11-24/h2-3,6-9H,4-5,10-15H2,1H3,(H,21,27). The van der Waals surface area contributed by atoms with E-state index in [0.717, 1.165) is 49.1 Å². The van der Waals surface area contributed by atoms with Crippen LogP contribution in [0.3, 0.4) is 0 Å². The SMILES string of the molecule is Cc1ccccc1NC(=O)N1CCN(c2ccc(N3CCCC3)nn2)CC1. The van der Waals surface area contributed by atoms with Crippen molar-refractivity contribution in [2.45, 2.75) is 19.8 Å². The molecular weight excluding hydrogens is 340 g/mol. The van der Waals surface area contributed by atoms with Crippen LogP contribution in [0.2, 0.25) is 0 Å². The minimum absolute atomic E-state index is 0.0422. The number of benzene rings is 1. The van der Waals surface area contributed by atoms with Crippen molar-refractivity contribution in [3.63, 3.8) is 0 Å². The Morgan fingerprint density at radius 1 is 0.852 bits per heavy atom. The van der Waals surface area contributed by atoms with Gasteiger partial charge in [-0.05, 0) is 43.5 Å². The van der Waals surface area contributed by atoms with Crippen LogP contribution in [0.25, 0.3) is 0 Å². The van der Waals surface area contributed by atoms with E-state index in [4.69, 9.17) is 0 Å². The van der Waals surface area contributed by atoms with E-state index in [-0.39, 0.29) is 6.03 Å². The second-order valence-corrected chi connectivity index (χ2v) is 7.16. The Morgan fingerprint density at radius 2 is 1.44 bits per heavy atom. The van der Waals surface area contributed by atoms with E-state index >= 15 is 0 Å². The van der Waals surface area contributed by atoms with Crippen molar-refractivity contribution in [1.82, 2.24) is 15.1 Å². The highest BCUT2D eigenvalue weighted by atomic mass is 16.2. The lowest BCUT2D eigenvalue weighted by Crippen LogP contribution is -2.50. The zero-order chi connectivity index (χ0) is 18.6. The number of nitrogens with one attached hydrogen (secondary N) is 1. The van der Waals surface area contributed by atoms with Crippen molar-refractivity contribution in [3.8, 4) is 0 Å². The molecule has 0 bridgehead atoms. The van der Waals surface area contributed by atoms with Crippen LogP contribution in [0.1, 0.15) is 18.4 Å². The Morgan fingerprint density at radius 3 is 2.04 bits per heavy atom. The summed E-state index contributed by atoms with van der Waals surface area (Å²) in [6.45, 7) is 7.02. The van der Waals surface area contributed by atoms with Crippen molar-refractivity contribution in [3.05, 3.63) is 42.0 Å². The molecule has 1 aromatic heterocycles. The Hall–Kier alpha value is -2.83. The van der Waals surface area contributed by atoms with Gasteiger partial charge in [0, 0.05) is 45.0 Å². The minimum atomic E-state index is -0.0422. The van der Waals surface area contributed by atoms with Gasteiger partial charge < -0.3 is 20.0 Å². The van der Waals surface area contributed by atoms with Crippen LogP contribution >= 0.6 is 0 Å². The molecule has 0 radical (unpaired) electrons. The van der Waals surface area contributed by atoms with Crippen molar-refractivity contribution < 1.29 is 4.79 Å². The average molecular weight is 366 g/mol. The van der Waals surface area contributed by atoms with Gasteiger partial charge in [-0.1, -0.05) is 18.2 Å². The van der Waals surface area contributed by atoms with Crippen LogP contribution in [-0.4, -0.2) is 60.4 Å². The number of aryl methyl sites for hydroxylation is 1. The van der Waals surface area contributed by atoms with Gasteiger partial charge in [-0.25, -0.2) is 4.79 Å². The first-order valence-corrected chi connectivity index (χ1v) is 9.66. The van der Waals surface area contributed by atoms with Gasteiger partial charge in [-0.15, -0.1) is 10.2 Å². The third kappa shape index (κ3) is 3.97. The fourth-order valence-electron chi connectivity index (χ4n) is 3.65. The highest BCUT2D eigenvalue weighted by molar-refractivity contribution is 5.90. The lowest BCUT2D eigenvalue weighted by molar-refractivity contribution is 0.208. The first-order valence-electron chi connectivity index (χ1n) is 9.66. The normalized spacial score (nSPS) is 17.3. The molecule has 142 valence electrons. The lowest BCUT2D eigenvalue weighted by atomic mass is 10.2. The average Bonchev–Trinajstić information content (AvgIpc) is 3.25. The minimum Gasteiger partial charge on any atom is -0.355 e. The van der Waals surface area contributed by atoms with E-state index in [9.17, 15) is 4.79 Å². The maximum absolute atomic E-state index is 12.5. The summed E-state index contributed by atoms with van der Waals surface area (Å²) in [5, 5.41) is 11.8. The first kappa shape index (κ1) is 17.6. The van der Waals surface area contributed by atoms with Crippen LogP contribution in [0, 0.1) is 6.92 Å². The van der Waals surface area contributed by atoms with Gasteiger partial charge in [-0.3, -0.25) is 0 Å². The van der Waals surface area contributed by atoms with Gasteiger partial charge >= 0.3 is 6.03 Å². The summed E-state index contributed by atoms with van der Waals surface area (Å²) in [6, 6.07) is 11.9.